The molecule has 0 unspecified atom stereocenters. The number of likely N-dealkylation sites (N-methyl/N-ethyl adjacent to an activating group) is 1. The Kier molecular flexibility index (Phi) is 25.8. The summed E-state index contributed by atoms with van der Waals surface area (Å²) in [6.45, 7) is 13.6. The molecule has 1 N–H and O–H groups in total. The van der Waals surface area contributed by atoms with Gasteiger partial charge in [-0.1, -0.05) is 117 Å². The van der Waals surface area contributed by atoms with Gasteiger partial charge in [0.25, 0.3) is 0 Å². The van der Waals surface area contributed by atoms with Crippen LogP contribution in [0.1, 0.15) is 151 Å². The van der Waals surface area contributed by atoms with E-state index in [0.29, 0.717) is 6.61 Å². The summed E-state index contributed by atoms with van der Waals surface area (Å²) in [6, 6.07) is 0. The second-order valence-electron chi connectivity index (χ2n) is 11.7. The van der Waals surface area contributed by atoms with Crippen LogP contribution in [0.25, 0.3) is 0 Å². The minimum absolute atomic E-state index is 0.0663. The van der Waals surface area contributed by atoms with Gasteiger partial charge in [-0.05, 0) is 41.2 Å². The van der Waals surface area contributed by atoms with Gasteiger partial charge in [-0.25, -0.2) is 0 Å². The zero-order valence-corrected chi connectivity index (χ0v) is 26.7. The molecule has 0 spiro atoms. The minimum atomic E-state index is -1.02. The predicted octanol–water partition coefficient (Wildman–Crippen LogP) is 7.88. The second kappa shape index (κ2) is 25.0. The number of carbonyl (C=O) groups is 2. The van der Waals surface area contributed by atoms with Gasteiger partial charge in [-0.15, -0.1) is 0 Å². The largest absolute Gasteiger partial charge is 0.465 e. The molecule has 0 heterocycles. The molecule has 0 saturated carbocycles. The quantitative estimate of drug-likeness (QED) is 0.0932. The van der Waals surface area contributed by atoms with Crippen LogP contribution < -0.4 is 0 Å². The lowest BCUT2D eigenvalue weighted by atomic mass is 10.0. The second-order valence-corrected chi connectivity index (χ2v) is 11.7. The highest BCUT2D eigenvalue weighted by atomic mass is 16.5. The molecule has 0 saturated heterocycles. The molecule has 0 fully saturated rings. The van der Waals surface area contributed by atoms with Gasteiger partial charge in [-0.2, -0.15) is 0 Å². The van der Waals surface area contributed by atoms with Crippen molar-refractivity contribution in [2.45, 2.75) is 162 Å². The van der Waals surface area contributed by atoms with Crippen molar-refractivity contribution in [2.75, 3.05) is 33.4 Å². The number of Topliss-reactive ketones (excluding diaryl/α,β-unsaturated/α-hetero) is 1. The highest BCUT2D eigenvalue weighted by Crippen LogP contribution is 2.16. The summed E-state index contributed by atoms with van der Waals surface area (Å²) in [6.07, 6.45) is 21.1. The molecule has 0 aliphatic carbocycles. The fraction of sp³-hybridized carbons (Fsp3) is 0.938. The summed E-state index contributed by atoms with van der Waals surface area (Å²) in [5, 5.41) is 9.80. The van der Waals surface area contributed by atoms with Crippen molar-refractivity contribution in [1.82, 2.24) is 4.90 Å². The number of hydrogen-bond acceptors (Lipinski definition) is 6. The first-order valence-electron chi connectivity index (χ1n) is 15.7. The smallest absolute Gasteiger partial charge is 0.320 e. The highest BCUT2D eigenvalue weighted by Gasteiger charge is 2.31. The number of esters is 1. The van der Waals surface area contributed by atoms with Crippen LogP contribution in [0.2, 0.25) is 0 Å². The lowest BCUT2D eigenvalue weighted by molar-refractivity contribution is -0.150. The number of ether oxygens (including phenoxy) is 2. The van der Waals surface area contributed by atoms with E-state index in [1.165, 1.54) is 89.9 Å². The Balaban J connectivity index is 0. The van der Waals surface area contributed by atoms with E-state index >= 15 is 0 Å². The molecule has 0 aliphatic heterocycles. The lowest BCUT2D eigenvalue weighted by Crippen LogP contribution is -2.45. The predicted molar refractivity (Wildman–Crippen MR) is 161 cm³/mol. The summed E-state index contributed by atoms with van der Waals surface area (Å²) >= 11 is 0. The van der Waals surface area contributed by atoms with Gasteiger partial charge in [0.2, 0.25) is 0 Å². The topological polar surface area (TPSA) is 76.1 Å². The number of ketones is 1. The third-order valence-corrected chi connectivity index (χ3v) is 6.53. The molecular weight excluding hydrogens is 478 g/mol. The van der Waals surface area contributed by atoms with Crippen LogP contribution in [0.5, 0.6) is 0 Å². The Hall–Kier alpha value is -0.980. The summed E-state index contributed by atoms with van der Waals surface area (Å²) in [5.74, 6) is -0.443. The monoisotopic (exact) mass is 543 g/mol. The normalized spacial score (nSPS) is 11.8. The molecule has 0 radical (unpaired) electrons. The standard InChI is InChI=1S/C30H59NO5.C2H6/c1-7-8-9-10-11-12-13-14-15-16-17-18-19-20-21-22-23-35-28(33)25-31(6)24-27(32)30(4,5)36-26-29(2,3)34;1-2/h34H,7-26H2,1-6H3;1-2H3. The van der Waals surface area contributed by atoms with Crippen LogP contribution in [0.3, 0.4) is 0 Å². The minimum Gasteiger partial charge on any atom is -0.465 e. The molecule has 0 aromatic heterocycles. The van der Waals surface area contributed by atoms with E-state index in [4.69, 9.17) is 9.47 Å². The van der Waals surface area contributed by atoms with Crippen LogP contribution in [0.15, 0.2) is 0 Å². The third-order valence-electron chi connectivity index (χ3n) is 6.53. The fourth-order valence-corrected chi connectivity index (χ4v) is 4.03. The van der Waals surface area contributed by atoms with Crippen molar-refractivity contribution in [3.63, 3.8) is 0 Å². The van der Waals surface area contributed by atoms with Crippen molar-refractivity contribution < 1.29 is 24.2 Å². The number of aliphatic hydroxyl groups is 1. The van der Waals surface area contributed by atoms with Crippen LogP contribution >= 0.6 is 0 Å². The van der Waals surface area contributed by atoms with Crippen LogP contribution in [-0.2, 0) is 19.1 Å². The SMILES string of the molecule is CC.CCCCCCCCCCCCCCCCCCOC(=O)CN(C)CC(=O)C(C)(C)OCC(C)(C)O. The summed E-state index contributed by atoms with van der Waals surface area (Å²) in [5.41, 5.74) is -2.02. The Morgan fingerprint density at radius 1 is 0.684 bits per heavy atom. The molecule has 0 rings (SSSR count). The van der Waals surface area contributed by atoms with E-state index < -0.39 is 11.2 Å². The van der Waals surface area contributed by atoms with Gasteiger partial charge >= 0.3 is 5.97 Å². The fourth-order valence-electron chi connectivity index (χ4n) is 4.03. The average Bonchev–Trinajstić information content (AvgIpc) is 2.85. The Bertz CT molecular complexity index is 557. The van der Waals surface area contributed by atoms with Gasteiger partial charge in [0.1, 0.15) is 5.60 Å². The Labute approximate surface area is 236 Å². The van der Waals surface area contributed by atoms with E-state index in [9.17, 15) is 14.7 Å². The van der Waals surface area contributed by atoms with Crippen LogP contribution in [-0.4, -0.2) is 66.3 Å². The zero-order chi connectivity index (χ0) is 29.3. The first kappa shape index (κ1) is 39.2. The van der Waals surface area contributed by atoms with Gasteiger partial charge in [0.05, 0.1) is 31.9 Å². The molecule has 228 valence electrons. The number of rotatable bonds is 25. The van der Waals surface area contributed by atoms with Gasteiger partial charge in [0.15, 0.2) is 5.78 Å². The van der Waals surface area contributed by atoms with Crippen LogP contribution in [0.4, 0.5) is 0 Å². The van der Waals surface area contributed by atoms with Gasteiger partial charge in [-0.3, -0.25) is 14.5 Å². The Morgan fingerprint density at radius 3 is 1.47 bits per heavy atom. The van der Waals surface area contributed by atoms with Gasteiger partial charge in [0, 0.05) is 0 Å². The molecule has 0 atom stereocenters. The summed E-state index contributed by atoms with van der Waals surface area (Å²) in [7, 11) is 1.72. The number of carbonyl (C=O) groups excluding carboxylic acids is 2. The molecule has 6 heteroatoms. The Morgan fingerprint density at radius 2 is 1.08 bits per heavy atom. The maximum atomic E-state index is 12.5. The van der Waals surface area contributed by atoms with Crippen molar-refractivity contribution in [1.29, 1.82) is 0 Å². The van der Waals surface area contributed by atoms with Crippen molar-refractivity contribution in [3.05, 3.63) is 0 Å². The first-order valence-corrected chi connectivity index (χ1v) is 15.7. The van der Waals surface area contributed by atoms with Gasteiger partial charge < -0.3 is 14.6 Å². The highest BCUT2D eigenvalue weighted by molar-refractivity contribution is 5.88. The number of hydrogen-bond donors (Lipinski definition) is 1. The van der Waals surface area contributed by atoms with Crippen LogP contribution in [0, 0.1) is 0 Å². The van der Waals surface area contributed by atoms with Crippen molar-refractivity contribution >= 4 is 11.8 Å². The number of unbranched alkanes of at least 4 members (excludes halogenated alkanes) is 15. The maximum absolute atomic E-state index is 12.5. The zero-order valence-electron chi connectivity index (χ0n) is 26.7. The molecule has 0 aliphatic rings. The van der Waals surface area contributed by atoms with E-state index in [2.05, 4.69) is 6.92 Å². The summed E-state index contributed by atoms with van der Waals surface area (Å²) < 4.78 is 10.9. The molecule has 0 aromatic rings. The van der Waals surface area contributed by atoms with E-state index in [1.807, 2.05) is 13.8 Å². The van der Waals surface area contributed by atoms with E-state index in [1.54, 1.807) is 39.6 Å². The van der Waals surface area contributed by atoms with E-state index in [-0.39, 0.29) is 31.4 Å². The summed E-state index contributed by atoms with van der Waals surface area (Å²) in [4.78, 5) is 26.2. The molecule has 0 aromatic carbocycles. The van der Waals surface area contributed by atoms with Crippen molar-refractivity contribution in [3.8, 4) is 0 Å². The third kappa shape index (κ3) is 26.6. The molecule has 0 bridgehead atoms. The van der Waals surface area contributed by atoms with Crippen molar-refractivity contribution in [2.24, 2.45) is 0 Å². The van der Waals surface area contributed by atoms with E-state index in [0.717, 1.165) is 12.8 Å². The lowest BCUT2D eigenvalue weighted by Gasteiger charge is -2.29. The first-order chi connectivity index (χ1) is 18.0. The molecule has 6 nitrogen and oxygen atoms in total. The average molecular weight is 544 g/mol. The number of nitrogens with zero attached hydrogens (tertiary/aromatic N) is 1. The maximum Gasteiger partial charge on any atom is 0.320 e. The molecule has 0 amide bonds. The molecular formula is C32H65NO5. The molecule has 38 heavy (non-hydrogen) atoms.